The molecule has 72 valence electrons. The average Bonchev–Trinajstić information content (AvgIpc) is 2.04. The minimum absolute atomic E-state index is 0.00176. The molecule has 1 atom stereocenters. The van der Waals surface area contributed by atoms with Crippen molar-refractivity contribution in [3.05, 3.63) is 27.5 Å². The lowest BCUT2D eigenvalue weighted by atomic mass is 10.1. The summed E-state index contributed by atoms with van der Waals surface area (Å²) in [6.45, 7) is 2.10. The summed E-state index contributed by atoms with van der Waals surface area (Å²) in [5.41, 5.74) is 6.84. The zero-order valence-electron chi connectivity index (χ0n) is 7.43. The van der Waals surface area contributed by atoms with Crippen LogP contribution in [0.15, 0.2) is 16.7 Å². The van der Waals surface area contributed by atoms with Crippen molar-refractivity contribution >= 4 is 27.5 Å². The summed E-state index contributed by atoms with van der Waals surface area (Å²) < 4.78 is 0.741. The second-order valence-electron chi connectivity index (χ2n) is 2.91. The summed E-state index contributed by atoms with van der Waals surface area (Å²) in [6, 6.07) is 3.77. The number of nitrogens with two attached hydrogens (primary N) is 1. The van der Waals surface area contributed by atoms with Crippen LogP contribution in [0.5, 0.6) is 0 Å². The number of hydrogen-bond donors (Lipinski definition) is 1. The van der Waals surface area contributed by atoms with E-state index in [0.717, 1.165) is 23.0 Å². The minimum atomic E-state index is -0.00176. The van der Waals surface area contributed by atoms with Crippen molar-refractivity contribution in [1.29, 1.82) is 0 Å². The second-order valence-corrected chi connectivity index (χ2v) is 4.08. The molecule has 1 heterocycles. The summed E-state index contributed by atoms with van der Waals surface area (Å²) in [6.07, 6.45) is 1.98. The maximum absolute atomic E-state index is 5.94. The third-order valence-corrected chi connectivity index (χ3v) is 2.59. The summed E-state index contributed by atoms with van der Waals surface area (Å²) >= 11 is 9.19. The van der Waals surface area contributed by atoms with Crippen LogP contribution in [0.3, 0.4) is 0 Å². The minimum Gasteiger partial charge on any atom is -0.324 e. The van der Waals surface area contributed by atoms with Gasteiger partial charge in [0.15, 0.2) is 0 Å². The molecule has 1 aromatic rings. The van der Waals surface area contributed by atoms with E-state index in [1.54, 1.807) is 0 Å². The van der Waals surface area contributed by atoms with E-state index in [2.05, 4.69) is 27.8 Å². The van der Waals surface area contributed by atoms with Crippen molar-refractivity contribution in [2.45, 2.75) is 25.8 Å². The standard InChI is InChI=1S/C9H12BrClN2/c1-2-3-7(12)6-4-5-8(10)13-9(6)11/h4-5,7H,2-3,12H2,1H3/t7-/m0/s1. The lowest BCUT2D eigenvalue weighted by Gasteiger charge is -2.11. The molecule has 0 aliphatic rings. The number of halogens is 2. The lowest BCUT2D eigenvalue weighted by molar-refractivity contribution is 0.636. The van der Waals surface area contributed by atoms with Gasteiger partial charge in [-0.3, -0.25) is 0 Å². The average molecular weight is 264 g/mol. The van der Waals surface area contributed by atoms with Gasteiger partial charge >= 0.3 is 0 Å². The van der Waals surface area contributed by atoms with Gasteiger partial charge in [-0.1, -0.05) is 31.0 Å². The molecule has 0 aliphatic heterocycles. The summed E-state index contributed by atoms with van der Waals surface area (Å²) in [5.74, 6) is 0. The van der Waals surface area contributed by atoms with Gasteiger partial charge < -0.3 is 5.73 Å². The molecule has 0 saturated heterocycles. The fraction of sp³-hybridized carbons (Fsp3) is 0.444. The van der Waals surface area contributed by atoms with Gasteiger partial charge in [0, 0.05) is 11.6 Å². The van der Waals surface area contributed by atoms with Crippen LogP contribution < -0.4 is 5.73 Å². The molecule has 1 rings (SSSR count). The highest BCUT2D eigenvalue weighted by Gasteiger charge is 2.09. The first-order valence-corrected chi connectivity index (χ1v) is 5.39. The molecular weight excluding hydrogens is 251 g/mol. The Morgan fingerprint density at radius 1 is 1.62 bits per heavy atom. The maximum atomic E-state index is 5.94. The Kier molecular flexibility index (Phi) is 4.16. The molecule has 0 aliphatic carbocycles. The second kappa shape index (κ2) is 4.94. The van der Waals surface area contributed by atoms with Crippen molar-refractivity contribution in [2.24, 2.45) is 5.73 Å². The lowest BCUT2D eigenvalue weighted by Crippen LogP contribution is -2.10. The molecule has 0 radical (unpaired) electrons. The van der Waals surface area contributed by atoms with Crippen LogP contribution in [0.4, 0.5) is 0 Å². The van der Waals surface area contributed by atoms with E-state index in [0.29, 0.717) is 5.15 Å². The fourth-order valence-electron chi connectivity index (χ4n) is 1.17. The zero-order chi connectivity index (χ0) is 9.84. The van der Waals surface area contributed by atoms with E-state index >= 15 is 0 Å². The predicted octanol–water partition coefficient (Wildman–Crippen LogP) is 3.30. The highest BCUT2D eigenvalue weighted by atomic mass is 79.9. The molecule has 0 aromatic carbocycles. The number of hydrogen-bond acceptors (Lipinski definition) is 2. The Morgan fingerprint density at radius 3 is 2.85 bits per heavy atom. The van der Waals surface area contributed by atoms with Crippen molar-refractivity contribution in [3.8, 4) is 0 Å². The Morgan fingerprint density at radius 2 is 2.31 bits per heavy atom. The van der Waals surface area contributed by atoms with Gasteiger partial charge in [-0.25, -0.2) is 4.98 Å². The van der Waals surface area contributed by atoms with Gasteiger partial charge in [0.1, 0.15) is 9.76 Å². The van der Waals surface area contributed by atoms with Crippen LogP contribution in [-0.2, 0) is 0 Å². The van der Waals surface area contributed by atoms with Crippen molar-refractivity contribution < 1.29 is 0 Å². The van der Waals surface area contributed by atoms with Crippen LogP contribution in [0, 0.1) is 0 Å². The molecule has 0 saturated carbocycles. The van der Waals surface area contributed by atoms with Crippen LogP contribution in [0.2, 0.25) is 5.15 Å². The highest BCUT2D eigenvalue weighted by molar-refractivity contribution is 9.10. The van der Waals surface area contributed by atoms with E-state index in [1.165, 1.54) is 0 Å². The first-order chi connectivity index (χ1) is 6.15. The molecule has 13 heavy (non-hydrogen) atoms. The van der Waals surface area contributed by atoms with E-state index < -0.39 is 0 Å². The summed E-state index contributed by atoms with van der Waals surface area (Å²) in [4.78, 5) is 4.08. The Hall–Kier alpha value is -0.120. The molecule has 0 spiro atoms. The molecule has 2 nitrogen and oxygen atoms in total. The smallest absolute Gasteiger partial charge is 0.135 e. The van der Waals surface area contributed by atoms with Crippen LogP contribution in [-0.4, -0.2) is 4.98 Å². The number of aromatic nitrogens is 1. The van der Waals surface area contributed by atoms with Gasteiger partial charge in [-0.2, -0.15) is 0 Å². The Labute approximate surface area is 91.6 Å². The van der Waals surface area contributed by atoms with Crippen LogP contribution in [0.25, 0.3) is 0 Å². The first kappa shape index (κ1) is 11.0. The topological polar surface area (TPSA) is 38.9 Å². The van der Waals surface area contributed by atoms with Gasteiger partial charge in [-0.05, 0) is 28.4 Å². The quantitative estimate of drug-likeness (QED) is 0.850. The molecular formula is C9H12BrClN2. The Balaban J connectivity index is 2.88. The number of nitrogens with zero attached hydrogens (tertiary/aromatic N) is 1. The SMILES string of the molecule is CCC[C@H](N)c1ccc(Br)nc1Cl. The normalized spacial score (nSPS) is 12.9. The Bertz CT molecular complexity index is 291. The summed E-state index contributed by atoms with van der Waals surface area (Å²) in [7, 11) is 0. The monoisotopic (exact) mass is 262 g/mol. The van der Waals surface area contributed by atoms with E-state index in [1.807, 2.05) is 12.1 Å². The van der Waals surface area contributed by atoms with Crippen LogP contribution in [0.1, 0.15) is 31.4 Å². The fourth-order valence-corrected chi connectivity index (χ4v) is 1.87. The van der Waals surface area contributed by atoms with Crippen molar-refractivity contribution in [3.63, 3.8) is 0 Å². The third-order valence-electron chi connectivity index (χ3n) is 1.84. The molecule has 0 unspecified atom stereocenters. The third kappa shape index (κ3) is 2.93. The molecule has 0 fully saturated rings. The largest absolute Gasteiger partial charge is 0.324 e. The van der Waals surface area contributed by atoms with E-state index in [-0.39, 0.29) is 6.04 Å². The molecule has 0 amide bonds. The van der Waals surface area contributed by atoms with Gasteiger partial charge in [0.05, 0.1) is 0 Å². The first-order valence-electron chi connectivity index (χ1n) is 4.22. The van der Waals surface area contributed by atoms with Crippen molar-refractivity contribution in [1.82, 2.24) is 4.98 Å². The predicted molar refractivity (Wildman–Crippen MR) is 58.8 cm³/mol. The van der Waals surface area contributed by atoms with Gasteiger partial charge in [0.2, 0.25) is 0 Å². The van der Waals surface area contributed by atoms with Gasteiger partial charge in [-0.15, -0.1) is 0 Å². The highest BCUT2D eigenvalue weighted by Crippen LogP contribution is 2.24. The zero-order valence-corrected chi connectivity index (χ0v) is 9.77. The number of pyridine rings is 1. The van der Waals surface area contributed by atoms with Crippen LogP contribution >= 0.6 is 27.5 Å². The van der Waals surface area contributed by atoms with E-state index in [4.69, 9.17) is 17.3 Å². The molecule has 2 N–H and O–H groups in total. The molecule has 0 bridgehead atoms. The van der Waals surface area contributed by atoms with Gasteiger partial charge in [0.25, 0.3) is 0 Å². The van der Waals surface area contributed by atoms with E-state index in [9.17, 15) is 0 Å². The molecule has 1 aromatic heterocycles. The maximum Gasteiger partial charge on any atom is 0.135 e. The number of rotatable bonds is 3. The summed E-state index contributed by atoms with van der Waals surface area (Å²) in [5, 5.41) is 0.496. The van der Waals surface area contributed by atoms with Crippen molar-refractivity contribution in [2.75, 3.05) is 0 Å². The molecule has 4 heteroatoms.